The van der Waals surface area contributed by atoms with Gasteiger partial charge in [0.25, 0.3) is 5.69 Å². The normalized spacial score (nSPS) is 10.8. The van der Waals surface area contributed by atoms with Gasteiger partial charge in [-0.3, -0.25) is 10.1 Å². The van der Waals surface area contributed by atoms with E-state index in [0.29, 0.717) is 6.54 Å². The van der Waals surface area contributed by atoms with Gasteiger partial charge in [0.15, 0.2) is 0 Å². The molecule has 0 aromatic heterocycles. The molecule has 0 saturated carbocycles. The number of halogens is 1. The molecule has 0 amide bonds. The largest absolute Gasteiger partial charge is 0.302 e. The quantitative estimate of drug-likeness (QED) is 0.494. The highest BCUT2D eigenvalue weighted by Gasteiger charge is 2.16. The van der Waals surface area contributed by atoms with Gasteiger partial charge in [-0.25, -0.2) is 0 Å². The standard InChI is InChI=1S/C20H17ClN2O2/c21-18-12-11-15(13-19(18)23(24)25)14-22-20(16-7-3-1-4-8-16)17-9-5-2-6-10-17/h1-13,20,22H,14H2. The van der Waals surface area contributed by atoms with Crippen molar-refractivity contribution in [3.8, 4) is 0 Å². The summed E-state index contributed by atoms with van der Waals surface area (Å²) in [6.45, 7) is 0.493. The number of nitro groups is 1. The number of benzene rings is 3. The third kappa shape index (κ3) is 4.24. The molecule has 0 aliphatic rings. The summed E-state index contributed by atoms with van der Waals surface area (Å²) >= 11 is 5.88. The molecule has 0 saturated heterocycles. The van der Waals surface area contributed by atoms with Crippen molar-refractivity contribution in [2.75, 3.05) is 0 Å². The SMILES string of the molecule is O=[N+]([O-])c1cc(CNC(c2ccccc2)c2ccccc2)ccc1Cl. The predicted octanol–water partition coefficient (Wildman–Crippen LogP) is 5.13. The van der Waals surface area contributed by atoms with Crippen LogP contribution in [-0.4, -0.2) is 4.92 Å². The van der Waals surface area contributed by atoms with Crippen LogP contribution >= 0.6 is 11.6 Å². The maximum Gasteiger partial charge on any atom is 0.288 e. The van der Waals surface area contributed by atoms with Gasteiger partial charge in [-0.1, -0.05) is 78.3 Å². The molecule has 0 unspecified atom stereocenters. The zero-order chi connectivity index (χ0) is 17.6. The first-order chi connectivity index (χ1) is 12.1. The lowest BCUT2D eigenvalue weighted by molar-refractivity contribution is -0.384. The number of rotatable bonds is 6. The predicted molar refractivity (Wildman–Crippen MR) is 99.7 cm³/mol. The molecule has 4 nitrogen and oxygen atoms in total. The Labute approximate surface area is 151 Å². The van der Waals surface area contributed by atoms with Crippen molar-refractivity contribution in [3.05, 3.63) is 111 Å². The summed E-state index contributed by atoms with van der Waals surface area (Å²) in [7, 11) is 0. The van der Waals surface area contributed by atoms with E-state index in [2.05, 4.69) is 29.6 Å². The highest BCUT2D eigenvalue weighted by Crippen LogP contribution is 2.26. The molecule has 0 radical (unpaired) electrons. The zero-order valence-electron chi connectivity index (χ0n) is 13.4. The average molecular weight is 353 g/mol. The third-order valence-electron chi connectivity index (χ3n) is 3.98. The van der Waals surface area contributed by atoms with Crippen LogP contribution in [0.5, 0.6) is 0 Å². The Hall–Kier alpha value is -2.69. The summed E-state index contributed by atoms with van der Waals surface area (Å²) in [5, 5.41) is 14.7. The number of nitrogens with one attached hydrogen (secondary N) is 1. The first-order valence-corrected chi connectivity index (χ1v) is 8.29. The maximum absolute atomic E-state index is 11.1. The van der Waals surface area contributed by atoms with Gasteiger partial charge in [-0.2, -0.15) is 0 Å². The molecular weight excluding hydrogens is 336 g/mol. The van der Waals surface area contributed by atoms with E-state index in [0.717, 1.165) is 16.7 Å². The van der Waals surface area contributed by atoms with Gasteiger partial charge in [0.1, 0.15) is 5.02 Å². The lowest BCUT2D eigenvalue weighted by atomic mass is 9.98. The van der Waals surface area contributed by atoms with Gasteiger partial charge in [0, 0.05) is 12.6 Å². The van der Waals surface area contributed by atoms with Crippen LogP contribution in [0.4, 0.5) is 5.69 Å². The molecule has 0 atom stereocenters. The summed E-state index contributed by atoms with van der Waals surface area (Å²) in [4.78, 5) is 10.6. The molecule has 0 aliphatic heterocycles. The smallest absolute Gasteiger partial charge is 0.288 e. The van der Waals surface area contributed by atoms with Crippen molar-refractivity contribution in [1.82, 2.24) is 5.32 Å². The molecule has 0 aliphatic carbocycles. The fraction of sp³-hybridized carbons (Fsp3) is 0.100. The summed E-state index contributed by atoms with van der Waals surface area (Å²) in [5.41, 5.74) is 3.01. The number of nitrogens with zero attached hydrogens (tertiary/aromatic N) is 1. The van der Waals surface area contributed by atoms with Crippen LogP contribution in [0.1, 0.15) is 22.7 Å². The van der Waals surface area contributed by atoms with Crippen molar-refractivity contribution in [3.63, 3.8) is 0 Å². The Bertz CT molecular complexity index is 815. The molecule has 0 fully saturated rings. The van der Waals surface area contributed by atoms with E-state index >= 15 is 0 Å². The van der Waals surface area contributed by atoms with Crippen LogP contribution in [-0.2, 0) is 6.54 Å². The van der Waals surface area contributed by atoms with Gasteiger partial charge in [-0.05, 0) is 22.8 Å². The monoisotopic (exact) mass is 352 g/mol. The molecule has 3 aromatic carbocycles. The molecule has 0 heterocycles. The lowest BCUT2D eigenvalue weighted by Gasteiger charge is -2.20. The second-order valence-corrected chi connectivity index (χ2v) is 6.09. The van der Waals surface area contributed by atoms with Crippen LogP contribution in [0.15, 0.2) is 78.9 Å². The molecule has 0 bridgehead atoms. The van der Waals surface area contributed by atoms with E-state index in [9.17, 15) is 10.1 Å². The van der Waals surface area contributed by atoms with Gasteiger partial charge >= 0.3 is 0 Å². The van der Waals surface area contributed by atoms with Crippen LogP contribution in [0, 0.1) is 10.1 Å². The summed E-state index contributed by atoms with van der Waals surface area (Å²) < 4.78 is 0. The molecular formula is C20H17ClN2O2. The van der Waals surface area contributed by atoms with Gasteiger partial charge in [0.05, 0.1) is 11.0 Å². The minimum absolute atomic E-state index is 0.00265. The Kier molecular flexibility index (Phi) is 5.43. The van der Waals surface area contributed by atoms with Crippen LogP contribution < -0.4 is 5.32 Å². The van der Waals surface area contributed by atoms with Crippen LogP contribution in [0.2, 0.25) is 5.02 Å². The van der Waals surface area contributed by atoms with Crippen molar-refractivity contribution < 1.29 is 4.92 Å². The molecule has 5 heteroatoms. The van der Waals surface area contributed by atoms with Crippen molar-refractivity contribution in [2.45, 2.75) is 12.6 Å². The van der Waals surface area contributed by atoms with E-state index in [1.165, 1.54) is 6.07 Å². The van der Waals surface area contributed by atoms with Gasteiger partial charge < -0.3 is 5.32 Å². The second kappa shape index (κ2) is 7.92. The fourth-order valence-corrected chi connectivity index (χ4v) is 2.93. The summed E-state index contributed by atoms with van der Waals surface area (Å²) in [6.07, 6.45) is 0. The molecule has 3 aromatic rings. The van der Waals surface area contributed by atoms with Crippen molar-refractivity contribution in [1.29, 1.82) is 0 Å². The van der Waals surface area contributed by atoms with E-state index in [-0.39, 0.29) is 16.8 Å². The van der Waals surface area contributed by atoms with Crippen LogP contribution in [0.25, 0.3) is 0 Å². The molecule has 126 valence electrons. The molecule has 25 heavy (non-hydrogen) atoms. The highest BCUT2D eigenvalue weighted by molar-refractivity contribution is 6.32. The average Bonchev–Trinajstić information content (AvgIpc) is 2.65. The van der Waals surface area contributed by atoms with E-state index < -0.39 is 4.92 Å². The Balaban J connectivity index is 1.85. The Morgan fingerprint density at radius 2 is 1.48 bits per heavy atom. The van der Waals surface area contributed by atoms with Crippen LogP contribution in [0.3, 0.4) is 0 Å². The van der Waals surface area contributed by atoms with E-state index in [4.69, 9.17) is 11.6 Å². The summed E-state index contributed by atoms with van der Waals surface area (Å²) in [5.74, 6) is 0. The summed E-state index contributed by atoms with van der Waals surface area (Å²) in [6, 6.07) is 25.1. The zero-order valence-corrected chi connectivity index (χ0v) is 14.2. The maximum atomic E-state index is 11.1. The Morgan fingerprint density at radius 3 is 2.00 bits per heavy atom. The number of hydrogen-bond acceptors (Lipinski definition) is 3. The van der Waals surface area contributed by atoms with E-state index in [1.54, 1.807) is 12.1 Å². The van der Waals surface area contributed by atoms with Gasteiger partial charge in [-0.15, -0.1) is 0 Å². The number of nitro benzene ring substituents is 1. The third-order valence-corrected chi connectivity index (χ3v) is 4.30. The lowest BCUT2D eigenvalue weighted by Crippen LogP contribution is -2.22. The second-order valence-electron chi connectivity index (χ2n) is 5.68. The number of hydrogen-bond donors (Lipinski definition) is 1. The topological polar surface area (TPSA) is 55.2 Å². The first kappa shape index (κ1) is 17.1. The fourth-order valence-electron chi connectivity index (χ4n) is 2.75. The molecule has 3 rings (SSSR count). The first-order valence-electron chi connectivity index (χ1n) is 7.91. The molecule has 1 N–H and O–H groups in total. The van der Waals surface area contributed by atoms with Crippen molar-refractivity contribution >= 4 is 17.3 Å². The Morgan fingerprint density at radius 1 is 0.920 bits per heavy atom. The highest BCUT2D eigenvalue weighted by atomic mass is 35.5. The van der Waals surface area contributed by atoms with Crippen molar-refractivity contribution in [2.24, 2.45) is 0 Å². The minimum atomic E-state index is -0.461. The van der Waals surface area contributed by atoms with E-state index in [1.807, 2.05) is 36.4 Å². The van der Waals surface area contributed by atoms with Gasteiger partial charge in [0.2, 0.25) is 0 Å². The minimum Gasteiger partial charge on any atom is -0.302 e. The molecule has 0 spiro atoms.